The van der Waals surface area contributed by atoms with Gasteiger partial charge in [-0.2, -0.15) is 0 Å². The van der Waals surface area contributed by atoms with Gasteiger partial charge < -0.3 is 20.3 Å². The number of amides is 2. The average molecular weight is 379 g/mol. The van der Waals surface area contributed by atoms with E-state index in [0.29, 0.717) is 25.1 Å². The molecule has 0 saturated heterocycles. The number of rotatable bonds is 7. The fraction of sp³-hybridized carbons (Fsp3) is 0.273. The lowest BCUT2D eigenvalue weighted by atomic mass is 10.1. The first-order valence-electron chi connectivity index (χ1n) is 9.37. The van der Waals surface area contributed by atoms with Gasteiger partial charge in [0.15, 0.2) is 0 Å². The summed E-state index contributed by atoms with van der Waals surface area (Å²) in [7, 11) is 0. The van der Waals surface area contributed by atoms with Crippen LogP contribution in [0.5, 0.6) is 0 Å². The SMILES string of the molecule is Cc1ccc2[nH]c(=O)c(CN(CCCO)C(=O)NCc3ccccc3)cc2c1. The molecule has 6 heteroatoms. The van der Waals surface area contributed by atoms with Gasteiger partial charge in [-0.15, -0.1) is 0 Å². The number of hydrogen-bond acceptors (Lipinski definition) is 3. The lowest BCUT2D eigenvalue weighted by Gasteiger charge is -2.23. The number of nitrogens with zero attached hydrogens (tertiary/aromatic N) is 1. The fourth-order valence-electron chi connectivity index (χ4n) is 3.09. The molecule has 0 fully saturated rings. The third-order valence-electron chi connectivity index (χ3n) is 4.60. The molecule has 0 spiro atoms. The summed E-state index contributed by atoms with van der Waals surface area (Å²) in [6, 6.07) is 17.0. The summed E-state index contributed by atoms with van der Waals surface area (Å²) in [4.78, 5) is 29.6. The number of benzene rings is 2. The number of aliphatic hydroxyl groups is 1. The lowest BCUT2D eigenvalue weighted by Crippen LogP contribution is -2.41. The van der Waals surface area contributed by atoms with Crippen LogP contribution in [0, 0.1) is 6.92 Å². The maximum absolute atomic E-state index is 12.7. The van der Waals surface area contributed by atoms with Crippen molar-refractivity contribution in [3.05, 3.63) is 81.6 Å². The van der Waals surface area contributed by atoms with Crippen LogP contribution in [0.3, 0.4) is 0 Å². The van der Waals surface area contributed by atoms with Gasteiger partial charge in [0, 0.05) is 30.8 Å². The Hall–Kier alpha value is -3.12. The van der Waals surface area contributed by atoms with E-state index in [0.717, 1.165) is 22.0 Å². The van der Waals surface area contributed by atoms with Gasteiger partial charge in [0.1, 0.15) is 0 Å². The Bertz CT molecular complexity index is 999. The van der Waals surface area contributed by atoms with Crippen LogP contribution in [-0.4, -0.2) is 34.2 Å². The number of hydrogen-bond donors (Lipinski definition) is 3. The van der Waals surface area contributed by atoms with Crippen LogP contribution in [0.4, 0.5) is 4.79 Å². The van der Waals surface area contributed by atoms with E-state index >= 15 is 0 Å². The lowest BCUT2D eigenvalue weighted by molar-refractivity contribution is 0.186. The minimum atomic E-state index is -0.263. The van der Waals surface area contributed by atoms with Crippen molar-refractivity contribution in [2.45, 2.75) is 26.4 Å². The van der Waals surface area contributed by atoms with Crippen molar-refractivity contribution in [1.29, 1.82) is 0 Å². The molecule has 28 heavy (non-hydrogen) atoms. The number of urea groups is 1. The number of pyridine rings is 1. The Balaban J connectivity index is 1.77. The number of carbonyl (C=O) groups is 1. The Labute approximate surface area is 163 Å². The molecule has 2 aromatic carbocycles. The van der Waals surface area contributed by atoms with Crippen LogP contribution in [-0.2, 0) is 13.1 Å². The number of aromatic amines is 1. The van der Waals surface area contributed by atoms with Crippen molar-refractivity contribution in [2.75, 3.05) is 13.2 Å². The van der Waals surface area contributed by atoms with Gasteiger partial charge in [-0.05, 0) is 42.5 Å². The van der Waals surface area contributed by atoms with Gasteiger partial charge in [0.25, 0.3) is 5.56 Å². The second-order valence-electron chi connectivity index (χ2n) is 6.86. The summed E-state index contributed by atoms with van der Waals surface area (Å²) in [5.74, 6) is 0. The summed E-state index contributed by atoms with van der Waals surface area (Å²) in [5, 5.41) is 13.0. The molecule has 3 aromatic rings. The zero-order valence-corrected chi connectivity index (χ0v) is 15.9. The molecular formula is C22H25N3O3. The molecule has 3 N–H and O–H groups in total. The molecule has 3 rings (SSSR count). The summed E-state index contributed by atoms with van der Waals surface area (Å²) in [5.41, 5.74) is 3.18. The van der Waals surface area contributed by atoms with Crippen molar-refractivity contribution in [3.8, 4) is 0 Å². The summed E-state index contributed by atoms with van der Waals surface area (Å²) in [6.07, 6.45) is 0.448. The van der Waals surface area contributed by atoms with Crippen molar-refractivity contribution in [1.82, 2.24) is 15.2 Å². The Morgan fingerprint density at radius 3 is 2.68 bits per heavy atom. The molecule has 0 radical (unpaired) electrons. The van der Waals surface area contributed by atoms with Gasteiger partial charge in [0.05, 0.1) is 6.54 Å². The normalized spacial score (nSPS) is 10.8. The van der Waals surface area contributed by atoms with Gasteiger partial charge in [-0.3, -0.25) is 4.79 Å². The van der Waals surface area contributed by atoms with E-state index in [1.807, 2.05) is 61.5 Å². The number of carbonyl (C=O) groups excluding carboxylic acids is 1. The molecule has 0 unspecified atom stereocenters. The van der Waals surface area contributed by atoms with E-state index in [2.05, 4.69) is 10.3 Å². The molecule has 2 amide bonds. The molecule has 146 valence electrons. The summed E-state index contributed by atoms with van der Waals surface area (Å²) < 4.78 is 0. The van der Waals surface area contributed by atoms with E-state index in [1.54, 1.807) is 4.90 Å². The second kappa shape index (κ2) is 9.19. The minimum absolute atomic E-state index is 0.0181. The van der Waals surface area contributed by atoms with E-state index in [-0.39, 0.29) is 24.7 Å². The standard InChI is InChI=1S/C22H25N3O3/c1-16-8-9-20-18(12-16)13-19(21(27)24-20)15-25(10-5-11-26)22(28)23-14-17-6-3-2-4-7-17/h2-4,6-9,12-13,26H,5,10-11,14-15H2,1H3,(H,23,28)(H,24,27). The van der Waals surface area contributed by atoms with Gasteiger partial charge in [-0.1, -0.05) is 42.0 Å². The zero-order chi connectivity index (χ0) is 19.9. The first-order valence-corrected chi connectivity index (χ1v) is 9.37. The zero-order valence-electron chi connectivity index (χ0n) is 15.9. The quantitative estimate of drug-likeness (QED) is 0.590. The molecule has 0 saturated carbocycles. The smallest absolute Gasteiger partial charge is 0.317 e. The molecule has 0 atom stereocenters. The molecule has 1 aromatic heterocycles. The first kappa shape index (κ1) is 19.6. The van der Waals surface area contributed by atoms with Crippen molar-refractivity contribution >= 4 is 16.9 Å². The second-order valence-corrected chi connectivity index (χ2v) is 6.86. The predicted molar refractivity (Wildman–Crippen MR) is 110 cm³/mol. The average Bonchev–Trinajstić information content (AvgIpc) is 2.70. The maximum Gasteiger partial charge on any atom is 0.317 e. The molecule has 1 heterocycles. The third kappa shape index (κ3) is 4.98. The molecule has 0 aliphatic carbocycles. The van der Waals surface area contributed by atoms with Crippen LogP contribution in [0.2, 0.25) is 0 Å². The summed E-state index contributed by atoms with van der Waals surface area (Å²) >= 11 is 0. The number of nitrogens with one attached hydrogen (secondary N) is 2. The minimum Gasteiger partial charge on any atom is -0.396 e. The highest BCUT2D eigenvalue weighted by atomic mass is 16.3. The Morgan fingerprint density at radius 1 is 1.14 bits per heavy atom. The Morgan fingerprint density at radius 2 is 1.93 bits per heavy atom. The molecule has 6 nitrogen and oxygen atoms in total. The van der Waals surface area contributed by atoms with E-state index in [1.165, 1.54) is 0 Å². The highest BCUT2D eigenvalue weighted by Crippen LogP contribution is 2.14. The summed E-state index contributed by atoms with van der Waals surface area (Å²) in [6.45, 7) is 2.93. The highest BCUT2D eigenvalue weighted by molar-refractivity contribution is 5.80. The van der Waals surface area contributed by atoms with Crippen LogP contribution in [0.25, 0.3) is 10.9 Å². The largest absolute Gasteiger partial charge is 0.396 e. The van der Waals surface area contributed by atoms with Crippen LogP contribution >= 0.6 is 0 Å². The van der Waals surface area contributed by atoms with Crippen molar-refractivity contribution in [2.24, 2.45) is 0 Å². The first-order chi connectivity index (χ1) is 13.6. The number of aryl methyl sites for hydroxylation is 1. The predicted octanol–water partition coefficient (Wildman–Crippen LogP) is 2.93. The van der Waals surface area contributed by atoms with E-state index in [9.17, 15) is 14.7 Å². The molecule has 0 bridgehead atoms. The van der Waals surface area contributed by atoms with Crippen LogP contribution < -0.4 is 10.9 Å². The monoisotopic (exact) mass is 379 g/mol. The topological polar surface area (TPSA) is 85.4 Å². The van der Waals surface area contributed by atoms with Crippen molar-refractivity contribution < 1.29 is 9.90 Å². The van der Waals surface area contributed by atoms with Crippen molar-refractivity contribution in [3.63, 3.8) is 0 Å². The number of fused-ring (bicyclic) bond motifs is 1. The molecule has 0 aliphatic heterocycles. The fourth-order valence-corrected chi connectivity index (χ4v) is 3.09. The number of aliphatic hydroxyl groups excluding tert-OH is 1. The molecule has 0 aliphatic rings. The maximum atomic E-state index is 12.7. The number of H-pyrrole nitrogens is 1. The van der Waals surface area contributed by atoms with Gasteiger partial charge in [-0.25, -0.2) is 4.79 Å². The van der Waals surface area contributed by atoms with E-state index < -0.39 is 0 Å². The van der Waals surface area contributed by atoms with Crippen LogP contribution in [0.1, 0.15) is 23.1 Å². The Kier molecular flexibility index (Phi) is 6.45. The molecular weight excluding hydrogens is 354 g/mol. The van der Waals surface area contributed by atoms with E-state index in [4.69, 9.17) is 0 Å². The third-order valence-corrected chi connectivity index (χ3v) is 4.60. The van der Waals surface area contributed by atoms with Gasteiger partial charge >= 0.3 is 6.03 Å². The van der Waals surface area contributed by atoms with Gasteiger partial charge in [0.2, 0.25) is 0 Å². The van der Waals surface area contributed by atoms with Crippen LogP contribution in [0.15, 0.2) is 59.4 Å². The number of aromatic nitrogens is 1. The highest BCUT2D eigenvalue weighted by Gasteiger charge is 2.16.